The Bertz CT molecular complexity index is 686. The first-order valence-electron chi connectivity index (χ1n) is 7.64. The topological polar surface area (TPSA) is 57.4 Å². The monoisotopic (exact) mass is 333 g/mol. The van der Waals surface area contributed by atoms with Gasteiger partial charge in [-0.3, -0.25) is 4.90 Å². The number of piperazine rings is 1. The van der Waals surface area contributed by atoms with Gasteiger partial charge in [-0.05, 0) is 29.8 Å². The Balaban J connectivity index is 1.76. The molecule has 0 saturated carbocycles. The van der Waals surface area contributed by atoms with Crippen molar-refractivity contribution in [3.05, 3.63) is 58.4 Å². The van der Waals surface area contributed by atoms with Crippen molar-refractivity contribution in [1.82, 2.24) is 15.2 Å². The lowest BCUT2D eigenvalue weighted by atomic mass is 10.0. The van der Waals surface area contributed by atoms with E-state index in [4.69, 9.17) is 16.3 Å². The highest BCUT2D eigenvalue weighted by atomic mass is 35.5. The van der Waals surface area contributed by atoms with Crippen LogP contribution in [-0.4, -0.2) is 42.6 Å². The molecule has 1 unspecified atom stereocenters. The van der Waals surface area contributed by atoms with Gasteiger partial charge in [0.1, 0.15) is 5.69 Å². The Labute approximate surface area is 140 Å². The van der Waals surface area contributed by atoms with Crippen molar-refractivity contribution < 1.29 is 9.53 Å². The molecule has 0 spiro atoms. The zero-order chi connectivity index (χ0) is 16.2. The van der Waals surface area contributed by atoms with Crippen LogP contribution in [0.2, 0.25) is 5.02 Å². The number of aromatic amines is 1. The number of nitrogens with one attached hydrogen (secondary N) is 2. The summed E-state index contributed by atoms with van der Waals surface area (Å²) in [7, 11) is 1.38. The molecule has 1 aromatic heterocycles. The van der Waals surface area contributed by atoms with E-state index in [0.717, 1.165) is 36.9 Å². The molecule has 2 heterocycles. The standard InChI is InChI=1S/C17H20ClN3O2/c1-23-17(22)15-6-5-14(20-15)11-21-8-7-19-10-16(21)12-3-2-4-13(18)9-12/h2-6,9,16,19-20H,7-8,10-11H2,1H3. The summed E-state index contributed by atoms with van der Waals surface area (Å²) >= 11 is 6.13. The van der Waals surface area contributed by atoms with Crippen LogP contribution in [0.25, 0.3) is 0 Å². The van der Waals surface area contributed by atoms with Crippen LogP contribution < -0.4 is 5.32 Å². The average Bonchev–Trinajstić information content (AvgIpc) is 3.03. The fourth-order valence-electron chi connectivity index (χ4n) is 2.96. The molecule has 6 heteroatoms. The maximum absolute atomic E-state index is 11.6. The molecule has 1 atom stereocenters. The number of benzene rings is 1. The summed E-state index contributed by atoms with van der Waals surface area (Å²) in [6.07, 6.45) is 0. The highest BCUT2D eigenvalue weighted by Gasteiger charge is 2.24. The van der Waals surface area contributed by atoms with Gasteiger partial charge in [-0.25, -0.2) is 4.79 Å². The summed E-state index contributed by atoms with van der Waals surface area (Å²) in [5, 5.41) is 4.18. The van der Waals surface area contributed by atoms with Gasteiger partial charge in [0.2, 0.25) is 0 Å². The predicted octanol–water partition coefficient (Wildman–Crippen LogP) is 2.60. The second-order valence-corrected chi connectivity index (χ2v) is 6.07. The van der Waals surface area contributed by atoms with E-state index >= 15 is 0 Å². The van der Waals surface area contributed by atoms with Gasteiger partial charge in [-0.15, -0.1) is 0 Å². The maximum atomic E-state index is 11.6. The number of methoxy groups -OCH3 is 1. The van der Waals surface area contributed by atoms with E-state index in [9.17, 15) is 4.79 Å². The highest BCUT2D eigenvalue weighted by Crippen LogP contribution is 2.26. The highest BCUT2D eigenvalue weighted by molar-refractivity contribution is 6.30. The van der Waals surface area contributed by atoms with E-state index in [1.165, 1.54) is 12.7 Å². The summed E-state index contributed by atoms with van der Waals surface area (Å²) in [5.74, 6) is -0.344. The first-order valence-corrected chi connectivity index (χ1v) is 8.01. The van der Waals surface area contributed by atoms with Crippen molar-refractivity contribution in [2.24, 2.45) is 0 Å². The first-order chi connectivity index (χ1) is 11.2. The number of ether oxygens (including phenoxy) is 1. The lowest BCUT2D eigenvalue weighted by Gasteiger charge is -2.36. The minimum Gasteiger partial charge on any atom is -0.464 e. The molecule has 1 saturated heterocycles. The molecule has 1 aliphatic heterocycles. The Morgan fingerprint density at radius 2 is 2.26 bits per heavy atom. The molecule has 0 amide bonds. The van der Waals surface area contributed by atoms with Crippen molar-refractivity contribution in [3.63, 3.8) is 0 Å². The van der Waals surface area contributed by atoms with Crippen LogP contribution in [0.3, 0.4) is 0 Å². The molecule has 2 N–H and O–H groups in total. The number of hydrogen-bond acceptors (Lipinski definition) is 4. The molecule has 1 aromatic carbocycles. The van der Waals surface area contributed by atoms with Gasteiger partial charge in [-0.2, -0.15) is 0 Å². The third kappa shape index (κ3) is 3.75. The molecule has 1 aliphatic rings. The lowest BCUT2D eigenvalue weighted by Crippen LogP contribution is -2.45. The van der Waals surface area contributed by atoms with E-state index in [2.05, 4.69) is 21.3 Å². The van der Waals surface area contributed by atoms with Crippen molar-refractivity contribution in [1.29, 1.82) is 0 Å². The van der Waals surface area contributed by atoms with Crippen molar-refractivity contribution >= 4 is 17.6 Å². The van der Waals surface area contributed by atoms with Crippen LogP contribution in [0.1, 0.15) is 27.8 Å². The van der Waals surface area contributed by atoms with Crippen LogP contribution in [0.5, 0.6) is 0 Å². The number of H-pyrrole nitrogens is 1. The molecule has 0 radical (unpaired) electrons. The molecule has 122 valence electrons. The Morgan fingerprint density at radius 1 is 1.39 bits per heavy atom. The van der Waals surface area contributed by atoms with Gasteiger partial charge in [0.05, 0.1) is 7.11 Å². The number of carbonyl (C=O) groups excluding carboxylic acids is 1. The van der Waals surface area contributed by atoms with Crippen LogP contribution >= 0.6 is 11.6 Å². The van der Waals surface area contributed by atoms with E-state index in [0.29, 0.717) is 5.69 Å². The molecule has 0 aliphatic carbocycles. The van der Waals surface area contributed by atoms with Crippen LogP contribution in [0, 0.1) is 0 Å². The minimum absolute atomic E-state index is 0.257. The van der Waals surface area contributed by atoms with Crippen LogP contribution in [0.4, 0.5) is 0 Å². The quantitative estimate of drug-likeness (QED) is 0.844. The average molecular weight is 334 g/mol. The zero-order valence-electron chi connectivity index (χ0n) is 13.0. The fourth-order valence-corrected chi connectivity index (χ4v) is 3.16. The largest absolute Gasteiger partial charge is 0.464 e. The van der Waals surface area contributed by atoms with E-state index in [1.807, 2.05) is 24.3 Å². The fraction of sp³-hybridized carbons (Fsp3) is 0.353. The third-order valence-corrected chi connectivity index (χ3v) is 4.35. The van der Waals surface area contributed by atoms with Gasteiger partial charge < -0.3 is 15.0 Å². The molecule has 1 fully saturated rings. The summed E-state index contributed by atoms with van der Waals surface area (Å²) in [5.41, 5.74) is 2.68. The SMILES string of the molecule is COC(=O)c1ccc(CN2CCNCC2c2cccc(Cl)c2)[nH]1. The second-order valence-electron chi connectivity index (χ2n) is 5.63. The molecule has 2 aromatic rings. The number of carbonyl (C=O) groups is 1. The number of hydrogen-bond donors (Lipinski definition) is 2. The number of rotatable bonds is 4. The summed E-state index contributed by atoms with van der Waals surface area (Å²) < 4.78 is 4.73. The van der Waals surface area contributed by atoms with Gasteiger partial charge >= 0.3 is 5.97 Å². The molecular weight excluding hydrogens is 314 g/mol. The zero-order valence-corrected chi connectivity index (χ0v) is 13.8. The molecular formula is C17H20ClN3O2. The normalized spacial score (nSPS) is 18.8. The number of aromatic nitrogens is 1. The summed E-state index contributed by atoms with van der Waals surface area (Å²) in [4.78, 5) is 17.1. The van der Waals surface area contributed by atoms with E-state index in [1.54, 1.807) is 6.07 Å². The van der Waals surface area contributed by atoms with Gasteiger partial charge in [0.15, 0.2) is 0 Å². The molecule has 3 rings (SSSR count). The summed E-state index contributed by atoms with van der Waals surface area (Å²) in [6.45, 7) is 3.51. The van der Waals surface area contributed by atoms with Crippen molar-refractivity contribution in [2.45, 2.75) is 12.6 Å². The van der Waals surface area contributed by atoms with E-state index in [-0.39, 0.29) is 12.0 Å². The third-order valence-electron chi connectivity index (χ3n) is 4.11. The summed E-state index contributed by atoms with van der Waals surface area (Å²) in [6, 6.07) is 11.9. The Kier molecular flexibility index (Phi) is 5.00. The van der Waals surface area contributed by atoms with Crippen LogP contribution in [0.15, 0.2) is 36.4 Å². The molecule has 5 nitrogen and oxygen atoms in total. The number of nitrogens with zero attached hydrogens (tertiary/aromatic N) is 1. The smallest absolute Gasteiger partial charge is 0.354 e. The van der Waals surface area contributed by atoms with Gasteiger partial charge in [0, 0.05) is 42.9 Å². The first kappa shape index (κ1) is 16.1. The number of esters is 1. The Hall–Kier alpha value is -1.82. The number of halogens is 1. The minimum atomic E-state index is -0.344. The van der Waals surface area contributed by atoms with Gasteiger partial charge in [0.25, 0.3) is 0 Å². The molecule has 0 bridgehead atoms. The maximum Gasteiger partial charge on any atom is 0.354 e. The van der Waals surface area contributed by atoms with Crippen LogP contribution in [-0.2, 0) is 11.3 Å². The van der Waals surface area contributed by atoms with E-state index < -0.39 is 0 Å². The van der Waals surface area contributed by atoms with Crippen molar-refractivity contribution in [3.8, 4) is 0 Å². The van der Waals surface area contributed by atoms with Gasteiger partial charge in [-0.1, -0.05) is 23.7 Å². The van der Waals surface area contributed by atoms with Crippen molar-refractivity contribution in [2.75, 3.05) is 26.7 Å². The predicted molar refractivity (Wildman–Crippen MR) is 89.6 cm³/mol. The Morgan fingerprint density at radius 3 is 3.04 bits per heavy atom. The second kappa shape index (κ2) is 7.17. The lowest BCUT2D eigenvalue weighted by molar-refractivity contribution is 0.0594. The molecule has 23 heavy (non-hydrogen) atoms.